The second-order valence-corrected chi connectivity index (χ2v) is 7.07. The van der Waals surface area contributed by atoms with Crippen LogP contribution in [0.25, 0.3) is 16.9 Å². The second-order valence-electron chi connectivity index (χ2n) is 6.64. The maximum Gasteiger partial charge on any atom is 0.270 e. The lowest BCUT2D eigenvalue weighted by Crippen LogP contribution is -2.28. The standard InChI is InChI=1S/C23H18ClFN4O/c24-17-6-10-20(11-7-17)29-22(15-21(28-29)16-4-8-18(25)9-5-16)23(30)27-14-12-19-3-1-2-13-26-19/h1-11,13,15H,12,14H2,(H,27,30). The van der Waals surface area contributed by atoms with Gasteiger partial charge in [-0.25, -0.2) is 9.07 Å². The number of rotatable bonds is 6. The Hall–Kier alpha value is -3.51. The molecule has 150 valence electrons. The molecule has 4 aromatic rings. The minimum atomic E-state index is -0.330. The molecule has 0 aliphatic carbocycles. The highest BCUT2D eigenvalue weighted by Gasteiger charge is 2.17. The lowest BCUT2D eigenvalue weighted by Gasteiger charge is -2.08. The molecule has 7 heteroatoms. The van der Waals surface area contributed by atoms with Gasteiger partial charge in [-0.05, 0) is 66.7 Å². The fourth-order valence-corrected chi connectivity index (χ4v) is 3.15. The van der Waals surface area contributed by atoms with E-state index >= 15 is 0 Å². The fourth-order valence-electron chi connectivity index (χ4n) is 3.02. The first-order valence-electron chi connectivity index (χ1n) is 9.40. The summed E-state index contributed by atoms with van der Waals surface area (Å²) in [6, 6.07) is 20.4. The minimum Gasteiger partial charge on any atom is -0.350 e. The Labute approximate surface area is 178 Å². The molecular formula is C23H18ClFN4O. The number of nitrogens with zero attached hydrogens (tertiary/aromatic N) is 3. The third-order valence-corrected chi connectivity index (χ3v) is 4.80. The zero-order chi connectivity index (χ0) is 20.9. The van der Waals surface area contributed by atoms with Crippen LogP contribution in [0.1, 0.15) is 16.2 Å². The molecule has 0 radical (unpaired) electrons. The first-order chi connectivity index (χ1) is 14.6. The summed E-state index contributed by atoms with van der Waals surface area (Å²) in [7, 11) is 0. The van der Waals surface area contributed by atoms with E-state index in [-0.39, 0.29) is 11.7 Å². The van der Waals surface area contributed by atoms with Crippen molar-refractivity contribution in [2.24, 2.45) is 0 Å². The Morgan fingerprint density at radius 1 is 1.03 bits per heavy atom. The topological polar surface area (TPSA) is 59.8 Å². The molecule has 0 aliphatic heterocycles. The first kappa shape index (κ1) is 19.8. The smallest absolute Gasteiger partial charge is 0.270 e. The third kappa shape index (κ3) is 4.55. The minimum absolute atomic E-state index is 0.262. The van der Waals surface area contributed by atoms with Crippen molar-refractivity contribution in [1.29, 1.82) is 0 Å². The van der Waals surface area contributed by atoms with E-state index in [9.17, 15) is 9.18 Å². The Balaban J connectivity index is 1.61. The summed E-state index contributed by atoms with van der Waals surface area (Å²) in [5.41, 5.74) is 3.25. The number of carbonyl (C=O) groups excluding carboxylic acids is 1. The largest absolute Gasteiger partial charge is 0.350 e. The number of hydrogen-bond donors (Lipinski definition) is 1. The van der Waals surface area contributed by atoms with Crippen molar-refractivity contribution >= 4 is 17.5 Å². The van der Waals surface area contributed by atoms with E-state index in [2.05, 4.69) is 15.4 Å². The molecule has 5 nitrogen and oxygen atoms in total. The van der Waals surface area contributed by atoms with Crippen LogP contribution in [0.2, 0.25) is 5.02 Å². The molecule has 0 saturated carbocycles. The van der Waals surface area contributed by atoms with Gasteiger partial charge in [-0.2, -0.15) is 5.10 Å². The number of halogens is 2. The number of amides is 1. The molecule has 30 heavy (non-hydrogen) atoms. The quantitative estimate of drug-likeness (QED) is 0.492. The summed E-state index contributed by atoms with van der Waals surface area (Å²) >= 11 is 5.99. The van der Waals surface area contributed by atoms with E-state index < -0.39 is 0 Å². The van der Waals surface area contributed by atoms with Crippen LogP contribution in [0.3, 0.4) is 0 Å². The molecule has 2 heterocycles. The van der Waals surface area contributed by atoms with E-state index in [1.165, 1.54) is 12.1 Å². The van der Waals surface area contributed by atoms with Gasteiger partial charge in [0.05, 0.1) is 11.4 Å². The summed E-state index contributed by atoms with van der Waals surface area (Å²) in [5, 5.41) is 8.08. The molecule has 0 aliphatic rings. The van der Waals surface area contributed by atoms with Crippen LogP contribution >= 0.6 is 11.6 Å². The van der Waals surface area contributed by atoms with Crippen LogP contribution in [-0.4, -0.2) is 27.2 Å². The first-order valence-corrected chi connectivity index (χ1v) is 9.78. The highest BCUT2D eigenvalue weighted by molar-refractivity contribution is 6.30. The van der Waals surface area contributed by atoms with Crippen LogP contribution in [-0.2, 0) is 6.42 Å². The van der Waals surface area contributed by atoms with Gasteiger partial charge >= 0.3 is 0 Å². The maximum atomic E-state index is 13.3. The van der Waals surface area contributed by atoms with E-state index in [0.717, 1.165) is 5.69 Å². The molecule has 0 atom stereocenters. The van der Waals surface area contributed by atoms with Crippen LogP contribution in [0, 0.1) is 5.82 Å². The number of nitrogens with one attached hydrogen (secondary N) is 1. The van der Waals surface area contributed by atoms with Gasteiger partial charge in [-0.3, -0.25) is 9.78 Å². The summed E-state index contributed by atoms with van der Waals surface area (Å²) in [5.74, 6) is -0.592. The van der Waals surface area contributed by atoms with Crippen LogP contribution in [0.4, 0.5) is 4.39 Å². The molecule has 0 fully saturated rings. The van der Waals surface area contributed by atoms with Gasteiger partial charge in [0.2, 0.25) is 0 Å². The van der Waals surface area contributed by atoms with Crippen molar-refractivity contribution in [2.45, 2.75) is 6.42 Å². The predicted octanol–water partition coefficient (Wildman–Crippen LogP) is 4.70. The normalized spacial score (nSPS) is 10.7. The van der Waals surface area contributed by atoms with Gasteiger partial charge in [0.15, 0.2) is 0 Å². The summed E-state index contributed by atoms with van der Waals surface area (Å²) in [4.78, 5) is 17.2. The molecular weight excluding hydrogens is 403 g/mol. The van der Waals surface area contributed by atoms with E-state index in [4.69, 9.17) is 11.6 Å². The average molecular weight is 421 g/mol. The van der Waals surface area contributed by atoms with Crippen molar-refractivity contribution in [3.63, 3.8) is 0 Å². The third-order valence-electron chi connectivity index (χ3n) is 4.55. The van der Waals surface area contributed by atoms with Crippen molar-refractivity contribution in [3.8, 4) is 16.9 Å². The Kier molecular flexibility index (Phi) is 5.86. The zero-order valence-corrected chi connectivity index (χ0v) is 16.7. The van der Waals surface area contributed by atoms with Crippen LogP contribution < -0.4 is 5.32 Å². The Bertz CT molecular complexity index is 1140. The van der Waals surface area contributed by atoms with Crippen LogP contribution in [0.5, 0.6) is 0 Å². The lowest BCUT2D eigenvalue weighted by atomic mass is 10.1. The second kappa shape index (κ2) is 8.88. The average Bonchev–Trinajstić information content (AvgIpc) is 3.21. The molecule has 0 unspecified atom stereocenters. The van der Waals surface area contributed by atoms with Gasteiger partial charge in [0.25, 0.3) is 5.91 Å². The van der Waals surface area contributed by atoms with Gasteiger partial charge < -0.3 is 5.32 Å². The summed E-state index contributed by atoms with van der Waals surface area (Å²) in [6.45, 7) is 0.438. The maximum absolute atomic E-state index is 13.3. The fraction of sp³-hybridized carbons (Fsp3) is 0.0870. The molecule has 4 rings (SSSR count). The van der Waals surface area contributed by atoms with E-state index in [1.54, 1.807) is 53.3 Å². The number of carbonyl (C=O) groups is 1. The molecule has 1 N–H and O–H groups in total. The van der Waals surface area contributed by atoms with Crippen molar-refractivity contribution < 1.29 is 9.18 Å². The molecule has 0 spiro atoms. The molecule has 2 aromatic carbocycles. The van der Waals surface area contributed by atoms with E-state index in [1.807, 2.05) is 18.2 Å². The molecule has 2 aromatic heterocycles. The van der Waals surface area contributed by atoms with Crippen molar-refractivity contribution in [3.05, 3.63) is 101 Å². The van der Waals surface area contributed by atoms with Crippen LogP contribution in [0.15, 0.2) is 79.0 Å². The highest BCUT2D eigenvalue weighted by Crippen LogP contribution is 2.23. The summed E-state index contributed by atoms with van der Waals surface area (Å²) in [6.07, 6.45) is 2.34. The van der Waals surface area contributed by atoms with Crippen molar-refractivity contribution in [2.75, 3.05) is 6.54 Å². The molecule has 0 bridgehead atoms. The molecule has 0 saturated heterocycles. The number of aromatic nitrogens is 3. The van der Waals surface area contributed by atoms with Gasteiger partial charge in [-0.1, -0.05) is 17.7 Å². The SMILES string of the molecule is O=C(NCCc1ccccn1)c1cc(-c2ccc(F)cc2)nn1-c1ccc(Cl)cc1. The van der Waals surface area contributed by atoms with Gasteiger partial charge in [0, 0.05) is 35.4 Å². The Morgan fingerprint density at radius 3 is 2.50 bits per heavy atom. The van der Waals surface area contributed by atoms with Crippen molar-refractivity contribution in [1.82, 2.24) is 20.1 Å². The van der Waals surface area contributed by atoms with E-state index in [0.29, 0.717) is 40.6 Å². The number of pyridine rings is 1. The predicted molar refractivity (Wildman–Crippen MR) is 114 cm³/mol. The van der Waals surface area contributed by atoms with Gasteiger partial charge in [0.1, 0.15) is 11.5 Å². The summed E-state index contributed by atoms with van der Waals surface area (Å²) < 4.78 is 14.9. The molecule has 1 amide bonds. The Morgan fingerprint density at radius 2 is 1.80 bits per heavy atom. The lowest BCUT2D eigenvalue weighted by molar-refractivity contribution is 0.0946. The monoisotopic (exact) mass is 420 g/mol. The zero-order valence-electron chi connectivity index (χ0n) is 15.9. The number of hydrogen-bond acceptors (Lipinski definition) is 3. The van der Waals surface area contributed by atoms with Gasteiger partial charge in [-0.15, -0.1) is 0 Å². The number of benzene rings is 2. The highest BCUT2D eigenvalue weighted by atomic mass is 35.5.